The zero-order valence-electron chi connectivity index (χ0n) is 21.4. The molecule has 1 fully saturated rings. The lowest BCUT2D eigenvalue weighted by molar-refractivity contribution is 0.0191. The molecule has 196 valence electrons. The van der Waals surface area contributed by atoms with Crippen molar-refractivity contribution in [2.75, 3.05) is 26.7 Å². The lowest BCUT2D eigenvalue weighted by atomic mass is 10.1. The van der Waals surface area contributed by atoms with E-state index in [-0.39, 0.29) is 19.0 Å². The number of halogens is 2. The van der Waals surface area contributed by atoms with Crippen molar-refractivity contribution in [3.05, 3.63) is 53.3 Å². The van der Waals surface area contributed by atoms with Crippen LogP contribution in [0.25, 0.3) is 0 Å². The summed E-state index contributed by atoms with van der Waals surface area (Å²) in [7, 11) is 1.73. The topological polar surface area (TPSA) is 70.9 Å². The average Bonchev–Trinajstić information content (AvgIpc) is 3.46. The summed E-state index contributed by atoms with van der Waals surface area (Å²) >= 11 is 0. The van der Waals surface area contributed by atoms with Crippen LogP contribution in [0.15, 0.2) is 36.5 Å². The summed E-state index contributed by atoms with van der Waals surface area (Å²) in [6.45, 7) is 6.97. The van der Waals surface area contributed by atoms with Gasteiger partial charge in [0.25, 0.3) is 12.3 Å². The maximum atomic E-state index is 13.6. The largest absolute Gasteiger partial charge is 0.444 e. The summed E-state index contributed by atoms with van der Waals surface area (Å²) < 4.78 is 34.0. The van der Waals surface area contributed by atoms with Crippen molar-refractivity contribution >= 4 is 12.0 Å². The van der Waals surface area contributed by atoms with Crippen LogP contribution in [0.5, 0.6) is 0 Å². The summed E-state index contributed by atoms with van der Waals surface area (Å²) in [5.74, 6) is -0.212. The van der Waals surface area contributed by atoms with Crippen LogP contribution in [-0.4, -0.2) is 80.7 Å². The summed E-state index contributed by atoms with van der Waals surface area (Å²) in [5, 5.41) is 4.37. The van der Waals surface area contributed by atoms with Gasteiger partial charge in [-0.15, -0.1) is 0 Å². The van der Waals surface area contributed by atoms with Crippen LogP contribution < -0.4 is 0 Å². The van der Waals surface area contributed by atoms with Crippen LogP contribution in [-0.2, 0) is 24.4 Å². The molecule has 1 aromatic heterocycles. The van der Waals surface area contributed by atoms with Crippen LogP contribution in [0.2, 0.25) is 0 Å². The number of alkyl halides is 2. The molecule has 1 aromatic carbocycles. The van der Waals surface area contributed by atoms with E-state index in [2.05, 4.69) is 5.10 Å². The molecule has 2 heterocycles. The Morgan fingerprint density at radius 1 is 1.17 bits per heavy atom. The molecule has 1 saturated carbocycles. The molecule has 0 bridgehead atoms. The highest BCUT2D eigenvalue weighted by Gasteiger charge is 2.50. The fraction of sp³-hybridized carbons (Fsp3) is 0.577. The fourth-order valence-electron chi connectivity index (χ4n) is 4.68. The van der Waals surface area contributed by atoms with Crippen LogP contribution in [0.3, 0.4) is 0 Å². The van der Waals surface area contributed by atoms with Crippen LogP contribution >= 0.6 is 0 Å². The standard InChI is InChI=1S/C26H35F2N5O3/c1-25(2,3)36-24(35)32-12-13-33-21(16-32)20(14-29-33)23(34)30(4)26(10-11-26)18-31(17-22(27)28)15-19-8-6-5-7-9-19/h5-9,14,22H,10-13,15-18H2,1-4H3. The summed E-state index contributed by atoms with van der Waals surface area (Å²) in [6.07, 6.45) is 0.147. The minimum absolute atomic E-state index is 0.212. The van der Waals surface area contributed by atoms with Gasteiger partial charge >= 0.3 is 6.09 Å². The highest BCUT2D eigenvalue weighted by Crippen LogP contribution is 2.43. The second-order valence-electron chi connectivity index (χ2n) is 10.8. The zero-order chi connectivity index (χ0) is 26.1. The third-order valence-electron chi connectivity index (χ3n) is 6.76. The first-order valence-corrected chi connectivity index (χ1v) is 12.3. The second kappa shape index (κ2) is 10.2. The van der Waals surface area contributed by atoms with Crippen molar-refractivity contribution in [1.29, 1.82) is 0 Å². The Bertz CT molecular complexity index is 1080. The van der Waals surface area contributed by atoms with Gasteiger partial charge in [0, 0.05) is 26.7 Å². The summed E-state index contributed by atoms with van der Waals surface area (Å²) in [5.41, 5.74) is 0.926. The number of nitrogens with zero attached hydrogens (tertiary/aromatic N) is 5. The SMILES string of the molecule is CN(C(=O)c1cnn2c1CN(C(=O)OC(C)(C)C)CC2)C1(CN(Cc2ccccc2)CC(F)F)CC1. The predicted octanol–water partition coefficient (Wildman–Crippen LogP) is 4.01. The smallest absolute Gasteiger partial charge is 0.410 e. The van der Waals surface area contributed by atoms with E-state index in [1.807, 2.05) is 51.1 Å². The number of likely N-dealkylation sites (N-methyl/N-ethyl adjacent to an activating group) is 1. The van der Waals surface area contributed by atoms with Crippen molar-refractivity contribution in [2.24, 2.45) is 0 Å². The summed E-state index contributed by atoms with van der Waals surface area (Å²) in [6, 6.07) is 9.52. The molecule has 2 aromatic rings. The third kappa shape index (κ3) is 6.03. The van der Waals surface area contributed by atoms with E-state index in [0.29, 0.717) is 37.4 Å². The van der Waals surface area contributed by atoms with Gasteiger partial charge in [-0.3, -0.25) is 14.4 Å². The molecule has 0 saturated heterocycles. The second-order valence-corrected chi connectivity index (χ2v) is 10.8. The van der Waals surface area contributed by atoms with Gasteiger partial charge in [0.05, 0.1) is 42.6 Å². The molecule has 2 aliphatic rings. The van der Waals surface area contributed by atoms with E-state index in [1.165, 1.54) is 0 Å². The number of ether oxygens (including phenoxy) is 1. The monoisotopic (exact) mass is 503 g/mol. The molecular formula is C26H35F2N5O3. The van der Waals surface area contributed by atoms with Crippen molar-refractivity contribution in [3.8, 4) is 0 Å². The predicted molar refractivity (Wildman–Crippen MR) is 131 cm³/mol. The van der Waals surface area contributed by atoms with E-state index in [9.17, 15) is 18.4 Å². The van der Waals surface area contributed by atoms with Gasteiger partial charge < -0.3 is 14.5 Å². The van der Waals surface area contributed by atoms with Gasteiger partial charge in [-0.25, -0.2) is 13.6 Å². The zero-order valence-corrected chi connectivity index (χ0v) is 21.4. The van der Waals surface area contributed by atoms with E-state index in [0.717, 1.165) is 18.4 Å². The number of benzene rings is 1. The number of amides is 2. The molecule has 36 heavy (non-hydrogen) atoms. The minimum Gasteiger partial charge on any atom is -0.444 e. The quantitative estimate of drug-likeness (QED) is 0.545. The van der Waals surface area contributed by atoms with Gasteiger partial charge in [0.2, 0.25) is 0 Å². The number of fused-ring (bicyclic) bond motifs is 1. The Morgan fingerprint density at radius 2 is 1.86 bits per heavy atom. The highest BCUT2D eigenvalue weighted by atomic mass is 19.3. The first-order chi connectivity index (χ1) is 17.0. The highest BCUT2D eigenvalue weighted by molar-refractivity contribution is 5.96. The normalized spacial score (nSPS) is 16.7. The Balaban J connectivity index is 1.47. The third-order valence-corrected chi connectivity index (χ3v) is 6.76. The van der Waals surface area contributed by atoms with Gasteiger partial charge in [0.15, 0.2) is 0 Å². The van der Waals surface area contributed by atoms with Crippen molar-refractivity contribution in [2.45, 2.75) is 70.8 Å². The first kappa shape index (κ1) is 26.1. The van der Waals surface area contributed by atoms with Gasteiger partial charge in [-0.05, 0) is 39.2 Å². The maximum absolute atomic E-state index is 13.6. The Labute approximate surface area is 210 Å². The van der Waals surface area contributed by atoms with E-state index >= 15 is 0 Å². The molecule has 2 amide bonds. The number of carbonyl (C=O) groups excluding carboxylic acids is 2. The number of rotatable bonds is 8. The Morgan fingerprint density at radius 3 is 2.47 bits per heavy atom. The minimum atomic E-state index is -2.47. The average molecular weight is 504 g/mol. The van der Waals surface area contributed by atoms with Crippen LogP contribution in [0.4, 0.5) is 13.6 Å². The van der Waals surface area contributed by atoms with E-state index in [1.54, 1.807) is 32.6 Å². The van der Waals surface area contributed by atoms with Crippen molar-refractivity contribution in [3.63, 3.8) is 0 Å². The van der Waals surface area contributed by atoms with Gasteiger partial charge in [0.1, 0.15) is 5.60 Å². The van der Waals surface area contributed by atoms with Crippen molar-refractivity contribution in [1.82, 2.24) is 24.5 Å². The molecule has 0 atom stereocenters. The van der Waals surface area contributed by atoms with Crippen molar-refractivity contribution < 1.29 is 23.1 Å². The molecule has 10 heteroatoms. The van der Waals surface area contributed by atoms with Gasteiger partial charge in [-0.2, -0.15) is 5.10 Å². The maximum Gasteiger partial charge on any atom is 0.410 e. The number of aromatic nitrogens is 2. The van der Waals surface area contributed by atoms with E-state index in [4.69, 9.17) is 4.74 Å². The first-order valence-electron chi connectivity index (χ1n) is 12.3. The fourth-order valence-corrected chi connectivity index (χ4v) is 4.68. The lowest BCUT2D eigenvalue weighted by Gasteiger charge is -2.34. The molecule has 0 radical (unpaired) electrons. The molecular weight excluding hydrogens is 468 g/mol. The number of hydrogen-bond acceptors (Lipinski definition) is 5. The van der Waals surface area contributed by atoms with Gasteiger partial charge in [-0.1, -0.05) is 30.3 Å². The molecule has 0 unspecified atom stereocenters. The van der Waals surface area contributed by atoms with Crippen LogP contribution in [0.1, 0.15) is 55.2 Å². The Hall–Kier alpha value is -3.01. The number of hydrogen-bond donors (Lipinski definition) is 0. The summed E-state index contributed by atoms with van der Waals surface area (Å²) in [4.78, 5) is 31.2. The molecule has 1 aliphatic carbocycles. The molecule has 0 N–H and O–H groups in total. The molecule has 0 spiro atoms. The number of carbonyl (C=O) groups is 2. The molecule has 8 nitrogen and oxygen atoms in total. The van der Waals surface area contributed by atoms with E-state index < -0.39 is 23.7 Å². The van der Waals surface area contributed by atoms with Crippen LogP contribution in [0, 0.1) is 0 Å². The Kier molecular flexibility index (Phi) is 7.36. The molecule has 4 rings (SSSR count). The lowest BCUT2D eigenvalue weighted by Crippen LogP contribution is -2.48. The molecule has 1 aliphatic heterocycles.